The molecule has 2 rings (SSSR count). The van der Waals surface area contributed by atoms with E-state index in [0.717, 1.165) is 16.5 Å². The van der Waals surface area contributed by atoms with Crippen LogP contribution in [0.25, 0.3) is 10.9 Å². The van der Waals surface area contributed by atoms with Crippen molar-refractivity contribution >= 4 is 16.9 Å². The highest BCUT2D eigenvalue weighted by Gasteiger charge is 2.32. The Bertz CT molecular complexity index is 650. The van der Waals surface area contributed by atoms with Crippen LogP contribution in [0.5, 0.6) is 0 Å². The third-order valence-electron chi connectivity index (χ3n) is 3.96. The Labute approximate surface area is 119 Å². The fourth-order valence-corrected chi connectivity index (χ4v) is 2.12. The first kappa shape index (κ1) is 14.5. The molecule has 0 saturated heterocycles. The number of hydrogen-bond acceptors (Lipinski definition) is 3. The summed E-state index contributed by atoms with van der Waals surface area (Å²) in [6, 6.07) is 8.05. The number of carbonyl (C=O) groups is 1. The number of aryl methyl sites for hydroxylation is 1. The van der Waals surface area contributed by atoms with Crippen LogP contribution in [0.1, 0.15) is 25.0 Å². The molecule has 0 spiro atoms. The molecular weight excluding hydrogens is 252 g/mol. The van der Waals surface area contributed by atoms with Crippen LogP contribution in [0, 0.1) is 6.92 Å². The average Bonchev–Trinajstić information content (AvgIpc) is 2.42. The molecule has 1 N–H and O–H groups in total. The Balaban J connectivity index is 2.40. The van der Waals surface area contributed by atoms with Crippen molar-refractivity contribution in [3.8, 4) is 0 Å². The van der Waals surface area contributed by atoms with Gasteiger partial charge in [-0.2, -0.15) is 0 Å². The number of carboxylic acids is 1. The minimum absolute atomic E-state index is 0.549. The van der Waals surface area contributed by atoms with Crippen LogP contribution in [0.2, 0.25) is 0 Å². The first-order valence-electron chi connectivity index (χ1n) is 6.62. The number of aromatic nitrogens is 1. The molecule has 1 aromatic carbocycles. The van der Waals surface area contributed by atoms with Crippen molar-refractivity contribution in [2.75, 3.05) is 7.05 Å². The fraction of sp³-hybridized carbons (Fsp3) is 0.375. The van der Waals surface area contributed by atoms with Crippen LogP contribution in [-0.2, 0) is 11.3 Å². The van der Waals surface area contributed by atoms with Crippen molar-refractivity contribution in [2.45, 2.75) is 32.9 Å². The molecule has 0 atom stereocenters. The van der Waals surface area contributed by atoms with Gasteiger partial charge in [-0.05, 0) is 45.0 Å². The van der Waals surface area contributed by atoms with Gasteiger partial charge in [-0.1, -0.05) is 18.2 Å². The molecule has 0 aliphatic carbocycles. The van der Waals surface area contributed by atoms with Crippen LogP contribution in [-0.4, -0.2) is 33.5 Å². The number of benzene rings is 1. The predicted molar refractivity (Wildman–Crippen MR) is 79.7 cm³/mol. The minimum Gasteiger partial charge on any atom is -0.480 e. The minimum atomic E-state index is -0.911. The van der Waals surface area contributed by atoms with E-state index in [9.17, 15) is 9.90 Å². The Hall–Kier alpha value is -1.94. The first-order chi connectivity index (χ1) is 9.34. The SMILES string of the molecule is Cc1ccc(CN(C)C(C)(C)C(=O)O)c2ncccc12. The van der Waals surface area contributed by atoms with E-state index in [-0.39, 0.29) is 0 Å². The monoisotopic (exact) mass is 272 g/mol. The molecule has 4 heteroatoms. The van der Waals surface area contributed by atoms with Crippen LogP contribution in [0.3, 0.4) is 0 Å². The second kappa shape index (κ2) is 5.21. The van der Waals surface area contributed by atoms with Gasteiger partial charge in [-0.15, -0.1) is 0 Å². The summed E-state index contributed by atoms with van der Waals surface area (Å²) in [6.07, 6.45) is 1.77. The van der Waals surface area contributed by atoms with Gasteiger partial charge in [0.2, 0.25) is 0 Å². The third-order valence-corrected chi connectivity index (χ3v) is 3.96. The van der Waals surface area contributed by atoms with E-state index in [1.54, 1.807) is 20.0 Å². The summed E-state index contributed by atoms with van der Waals surface area (Å²) in [5.74, 6) is -0.829. The third kappa shape index (κ3) is 2.51. The summed E-state index contributed by atoms with van der Waals surface area (Å²) in [4.78, 5) is 17.6. The normalized spacial score (nSPS) is 12.1. The van der Waals surface area contributed by atoms with Gasteiger partial charge in [0.1, 0.15) is 5.54 Å². The van der Waals surface area contributed by atoms with Crippen molar-refractivity contribution in [3.05, 3.63) is 41.6 Å². The smallest absolute Gasteiger partial charge is 0.323 e. The zero-order chi connectivity index (χ0) is 14.9. The Morgan fingerprint density at radius 3 is 2.70 bits per heavy atom. The van der Waals surface area contributed by atoms with Crippen molar-refractivity contribution in [3.63, 3.8) is 0 Å². The van der Waals surface area contributed by atoms with Crippen LogP contribution in [0.15, 0.2) is 30.5 Å². The van der Waals surface area contributed by atoms with Crippen LogP contribution < -0.4 is 0 Å². The quantitative estimate of drug-likeness (QED) is 0.930. The zero-order valence-electron chi connectivity index (χ0n) is 12.3. The molecule has 106 valence electrons. The number of carboxylic acid groups (broad SMARTS) is 1. The molecule has 20 heavy (non-hydrogen) atoms. The zero-order valence-corrected chi connectivity index (χ0v) is 12.3. The topological polar surface area (TPSA) is 53.4 Å². The van der Waals surface area contributed by atoms with Crippen molar-refractivity contribution in [1.82, 2.24) is 9.88 Å². The fourth-order valence-electron chi connectivity index (χ4n) is 2.12. The lowest BCUT2D eigenvalue weighted by Crippen LogP contribution is -2.47. The van der Waals surface area contributed by atoms with Crippen LogP contribution in [0.4, 0.5) is 0 Å². The molecule has 4 nitrogen and oxygen atoms in total. The van der Waals surface area contributed by atoms with Gasteiger partial charge in [0.15, 0.2) is 0 Å². The maximum atomic E-state index is 11.3. The summed E-state index contributed by atoms with van der Waals surface area (Å²) in [6.45, 7) is 6.02. The molecule has 2 aromatic rings. The molecule has 0 aliphatic heterocycles. The standard InChI is InChI=1S/C16H20N2O2/c1-11-7-8-12(14-13(11)6-5-9-17-14)10-18(4)16(2,3)15(19)20/h5-9H,10H2,1-4H3,(H,19,20). The number of nitrogens with zero attached hydrogens (tertiary/aromatic N) is 2. The largest absolute Gasteiger partial charge is 0.480 e. The second-order valence-electron chi connectivity index (χ2n) is 5.66. The number of fused-ring (bicyclic) bond motifs is 1. The van der Waals surface area contributed by atoms with E-state index < -0.39 is 11.5 Å². The second-order valence-corrected chi connectivity index (χ2v) is 5.66. The van der Waals surface area contributed by atoms with Gasteiger partial charge in [-0.3, -0.25) is 14.7 Å². The Morgan fingerprint density at radius 1 is 1.35 bits per heavy atom. The van der Waals surface area contributed by atoms with Crippen molar-refractivity contribution in [1.29, 1.82) is 0 Å². The maximum absolute atomic E-state index is 11.3. The van der Waals surface area contributed by atoms with Crippen LogP contribution >= 0.6 is 0 Å². The lowest BCUT2D eigenvalue weighted by atomic mass is 10.0. The highest BCUT2D eigenvalue weighted by atomic mass is 16.4. The van der Waals surface area contributed by atoms with Gasteiger partial charge in [0.25, 0.3) is 0 Å². The average molecular weight is 272 g/mol. The number of pyridine rings is 1. The van der Waals surface area contributed by atoms with E-state index >= 15 is 0 Å². The van der Waals surface area contributed by atoms with Gasteiger partial charge in [0, 0.05) is 18.1 Å². The molecule has 0 aliphatic rings. The highest BCUT2D eigenvalue weighted by Crippen LogP contribution is 2.23. The molecule has 0 saturated carbocycles. The Kier molecular flexibility index (Phi) is 3.77. The molecule has 1 heterocycles. The number of rotatable bonds is 4. The molecule has 0 fully saturated rings. The molecule has 0 amide bonds. The number of hydrogen-bond donors (Lipinski definition) is 1. The van der Waals surface area contributed by atoms with Crippen molar-refractivity contribution < 1.29 is 9.90 Å². The van der Waals surface area contributed by atoms with Gasteiger partial charge in [-0.25, -0.2) is 0 Å². The van der Waals surface area contributed by atoms with Crippen molar-refractivity contribution in [2.24, 2.45) is 0 Å². The lowest BCUT2D eigenvalue weighted by Gasteiger charge is -2.31. The van der Waals surface area contributed by atoms with E-state index in [2.05, 4.69) is 18.0 Å². The van der Waals surface area contributed by atoms with Gasteiger partial charge in [0.05, 0.1) is 5.52 Å². The van der Waals surface area contributed by atoms with Gasteiger partial charge < -0.3 is 5.11 Å². The predicted octanol–water partition coefficient (Wildman–Crippen LogP) is 2.84. The summed E-state index contributed by atoms with van der Waals surface area (Å²) < 4.78 is 0. The molecule has 0 unspecified atom stereocenters. The summed E-state index contributed by atoms with van der Waals surface area (Å²) in [5.41, 5.74) is 2.26. The van der Waals surface area contributed by atoms with E-state index in [4.69, 9.17) is 0 Å². The van der Waals surface area contributed by atoms with E-state index in [0.29, 0.717) is 6.54 Å². The first-order valence-corrected chi connectivity index (χ1v) is 6.62. The number of aliphatic carboxylic acids is 1. The number of likely N-dealkylation sites (N-methyl/N-ethyl adjacent to an activating group) is 1. The molecule has 1 aromatic heterocycles. The summed E-state index contributed by atoms with van der Waals surface area (Å²) in [7, 11) is 1.82. The summed E-state index contributed by atoms with van der Waals surface area (Å²) in [5, 5.41) is 10.4. The lowest BCUT2D eigenvalue weighted by molar-refractivity contribution is -0.148. The highest BCUT2D eigenvalue weighted by molar-refractivity contribution is 5.85. The molecule has 0 bridgehead atoms. The summed E-state index contributed by atoms with van der Waals surface area (Å²) >= 11 is 0. The van der Waals surface area contributed by atoms with E-state index in [1.807, 2.05) is 30.1 Å². The maximum Gasteiger partial charge on any atom is 0.323 e. The molecule has 0 radical (unpaired) electrons. The molecular formula is C16H20N2O2. The van der Waals surface area contributed by atoms with E-state index in [1.165, 1.54) is 5.56 Å². The Morgan fingerprint density at radius 2 is 2.05 bits per heavy atom. The van der Waals surface area contributed by atoms with Gasteiger partial charge >= 0.3 is 5.97 Å².